The Morgan fingerprint density at radius 2 is 1.73 bits per heavy atom. The Hall–Kier alpha value is -2.50. The number of alkyl carbamates (subject to hydrolysis) is 1. The zero-order valence-corrected chi connectivity index (χ0v) is 21.6. The maximum Gasteiger partial charge on any atom is 0.408 e. The van der Waals surface area contributed by atoms with Crippen molar-refractivity contribution >= 4 is 22.0 Å². The topological polar surface area (TPSA) is 71.5 Å². The first kappa shape index (κ1) is 28.5. The predicted molar refractivity (Wildman–Crippen MR) is 129 cm³/mol. The monoisotopic (exact) mass is 524 g/mol. The summed E-state index contributed by atoms with van der Waals surface area (Å²) in [6.45, 7) is 12.3. The number of aromatic nitrogens is 1. The molecule has 1 unspecified atom stereocenters. The van der Waals surface area contributed by atoms with E-state index in [4.69, 9.17) is 4.74 Å². The first-order valence-electron chi connectivity index (χ1n) is 10.6. The van der Waals surface area contributed by atoms with Crippen molar-refractivity contribution in [3.05, 3.63) is 63.4 Å². The van der Waals surface area contributed by atoms with Crippen LogP contribution in [0.4, 0.5) is 13.6 Å². The van der Waals surface area contributed by atoms with Crippen molar-refractivity contribution in [3.63, 3.8) is 0 Å². The van der Waals surface area contributed by atoms with Crippen molar-refractivity contribution in [1.82, 2.24) is 10.3 Å². The molecule has 2 N–H and O–H groups in total. The number of benzene rings is 1. The molecule has 0 spiro atoms. The van der Waals surface area contributed by atoms with Gasteiger partial charge in [0, 0.05) is 10.5 Å². The van der Waals surface area contributed by atoms with Crippen LogP contribution in [0.3, 0.4) is 0 Å². The van der Waals surface area contributed by atoms with Crippen LogP contribution in [0.1, 0.15) is 71.5 Å². The number of aliphatic hydroxyl groups is 1. The van der Waals surface area contributed by atoms with Gasteiger partial charge in [0.25, 0.3) is 0 Å². The van der Waals surface area contributed by atoms with Crippen LogP contribution in [0.15, 0.2) is 34.8 Å². The van der Waals surface area contributed by atoms with Gasteiger partial charge in [-0.3, -0.25) is 0 Å². The van der Waals surface area contributed by atoms with Gasteiger partial charge in [0.05, 0.1) is 11.7 Å². The third-order valence-electron chi connectivity index (χ3n) is 3.75. The molecule has 0 bridgehead atoms. The van der Waals surface area contributed by atoms with Crippen LogP contribution in [0, 0.1) is 23.5 Å². The molecule has 8 heteroatoms. The summed E-state index contributed by atoms with van der Waals surface area (Å²) in [5.74, 6) is 4.02. The summed E-state index contributed by atoms with van der Waals surface area (Å²) in [7, 11) is 0. The second-order valence-corrected chi connectivity index (χ2v) is 9.41. The maximum atomic E-state index is 13.7. The fraction of sp³-hybridized carbons (Fsp3) is 0.440. The van der Waals surface area contributed by atoms with Crippen LogP contribution < -0.4 is 5.32 Å². The van der Waals surface area contributed by atoms with E-state index in [2.05, 4.69) is 38.1 Å². The van der Waals surface area contributed by atoms with Crippen molar-refractivity contribution in [2.75, 3.05) is 0 Å². The highest BCUT2D eigenvalue weighted by molar-refractivity contribution is 9.10. The number of pyridine rings is 1. The number of hydrogen-bond acceptors (Lipinski definition) is 4. The van der Waals surface area contributed by atoms with Crippen molar-refractivity contribution in [3.8, 4) is 11.8 Å². The van der Waals surface area contributed by atoms with Gasteiger partial charge in [-0.1, -0.05) is 19.8 Å². The first-order valence-corrected chi connectivity index (χ1v) is 11.4. The van der Waals surface area contributed by atoms with Gasteiger partial charge < -0.3 is 15.2 Å². The molecule has 5 nitrogen and oxygen atoms in total. The summed E-state index contributed by atoms with van der Waals surface area (Å²) in [6, 6.07) is 5.75. The lowest BCUT2D eigenvalue weighted by Gasteiger charge is -2.24. The van der Waals surface area contributed by atoms with Crippen LogP contribution in [-0.2, 0) is 11.2 Å². The van der Waals surface area contributed by atoms with Crippen LogP contribution in [0.2, 0.25) is 0 Å². The Bertz CT molecular complexity index is 999. The highest BCUT2D eigenvalue weighted by Crippen LogP contribution is 2.26. The fourth-order valence-corrected chi connectivity index (χ4v) is 3.12. The Labute approximate surface area is 203 Å². The number of nitrogens with one attached hydrogen (secondary N) is 1. The van der Waals surface area contributed by atoms with Crippen molar-refractivity contribution in [2.24, 2.45) is 0 Å². The Balaban J connectivity index is 0.00000265. The van der Waals surface area contributed by atoms with Gasteiger partial charge >= 0.3 is 6.09 Å². The number of ether oxygens (including phenoxy) is 1. The third-order valence-corrected chi connectivity index (χ3v) is 4.42. The summed E-state index contributed by atoms with van der Waals surface area (Å²) in [5.41, 5.74) is -0.841. The summed E-state index contributed by atoms with van der Waals surface area (Å²) in [4.78, 5) is 16.9. The fourth-order valence-electron chi connectivity index (χ4n) is 2.62. The largest absolute Gasteiger partial charge is 0.444 e. The van der Waals surface area contributed by atoms with Crippen LogP contribution >= 0.6 is 15.9 Å². The quantitative estimate of drug-likeness (QED) is 0.475. The van der Waals surface area contributed by atoms with Gasteiger partial charge in [-0.2, -0.15) is 0 Å². The summed E-state index contributed by atoms with van der Waals surface area (Å²) < 4.78 is 33.3. The molecule has 180 valence electrons. The number of nitrogens with zero attached hydrogens (tertiary/aromatic N) is 1. The zero-order valence-electron chi connectivity index (χ0n) is 20.0. The zero-order chi connectivity index (χ0) is 25.4. The highest BCUT2D eigenvalue weighted by atomic mass is 79.9. The molecule has 1 aromatic heterocycles. The number of amides is 1. The standard InChI is InChI=1S/C23H25BrF2N2O3.C2H6/c1-22(2,3)31-21(29)28-19(12-14-10-15(25)13-16(26)11-14)20-18(24)7-6-17(27-20)8-9-23(4,5)30;1-2/h6-7,10-11,13,19,30H,12H2,1-5H3,(H,28,29);1-2H3. The van der Waals surface area contributed by atoms with Gasteiger partial charge in [-0.15, -0.1) is 0 Å². The molecule has 0 aliphatic carbocycles. The normalized spacial score (nSPS) is 12.0. The second kappa shape index (κ2) is 12.1. The molecule has 0 fully saturated rings. The highest BCUT2D eigenvalue weighted by Gasteiger charge is 2.24. The SMILES string of the molecule is CC.CC(C)(O)C#Cc1ccc(Br)c(C(Cc2cc(F)cc(F)c2)NC(=O)OC(C)(C)C)n1. The van der Waals surface area contributed by atoms with Gasteiger partial charge in [0.1, 0.15) is 28.5 Å². The molecule has 33 heavy (non-hydrogen) atoms. The molecule has 0 aliphatic rings. The Morgan fingerprint density at radius 3 is 2.24 bits per heavy atom. The van der Waals surface area contributed by atoms with Crippen molar-refractivity contribution in [1.29, 1.82) is 0 Å². The number of carbonyl (C=O) groups is 1. The van der Waals surface area contributed by atoms with E-state index in [0.717, 1.165) is 6.07 Å². The number of halogens is 3. The average Bonchev–Trinajstić information content (AvgIpc) is 2.65. The van der Waals surface area contributed by atoms with E-state index in [1.807, 2.05) is 13.8 Å². The minimum absolute atomic E-state index is 0.0574. The number of hydrogen-bond donors (Lipinski definition) is 2. The lowest BCUT2D eigenvalue weighted by Crippen LogP contribution is -2.36. The molecular formula is C25H31BrF2N2O3. The number of carbonyl (C=O) groups excluding carboxylic acids is 1. The molecule has 2 rings (SSSR count). The molecular weight excluding hydrogens is 494 g/mol. The average molecular weight is 525 g/mol. The van der Waals surface area contributed by atoms with Crippen molar-refractivity contribution in [2.45, 2.75) is 72.1 Å². The lowest BCUT2D eigenvalue weighted by atomic mass is 10.0. The first-order chi connectivity index (χ1) is 15.2. The van der Waals surface area contributed by atoms with E-state index in [0.29, 0.717) is 21.4 Å². The van der Waals surface area contributed by atoms with Crippen LogP contribution in [0.25, 0.3) is 0 Å². The molecule has 0 saturated heterocycles. The Kier molecular flexibility index (Phi) is 10.5. The van der Waals surface area contributed by atoms with E-state index in [1.54, 1.807) is 46.8 Å². The molecule has 1 amide bonds. The second-order valence-electron chi connectivity index (χ2n) is 8.55. The van der Waals surface area contributed by atoms with Crippen LogP contribution in [-0.4, -0.2) is 27.4 Å². The van der Waals surface area contributed by atoms with Gasteiger partial charge in [0.15, 0.2) is 0 Å². The summed E-state index contributed by atoms with van der Waals surface area (Å²) in [6.07, 6.45) is -0.641. The minimum atomic E-state index is -1.21. The van der Waals surface area contributed by atoms with E-state index in [9.17, 15) is 18.7 Å². The lowest BCUT2D eigenvalue weighted by molar-refractivity contribution is 0.0502. The van der Waals surface area contributed by atoms with E-state index < -0.39 is 35.0 Å². The maximum absolute atomic E-state index is 13.7. The molecule has 0 saturated carbocycles. The molecule has 0 radical (unpaired) electrons. The smallest absolute Gasteiger partial charge is 0.408 e. The van der Waals surface area contributed by atoms with E-state index in [-0.39, 0.29) is 6.42 Å². The third kappa shape index (κ3) is 10.8. The van der Waals surface area contributed by atoms with Crippen LogP contribution in [0.5, 0.6) is 0 Å². The molecule has 1 atom stereocenters. The number of rotatable bonds is 4. The van der Waals surface area contributed by atoms with Gasteiger partial charge in [0.2, 0.25) is 0 Å². The van der Waals surface area contributed by atoms with E-state index >= 15 is 0 Å². The Morgan fingerprint density at radius 1 is 1.15 bits per heavy atom. The summed E-state index contributed by atoms with van der Waals surface area (Å²) in [5, 5.41) is 12.6. The van der Waals surface area contributed by atoms with E-state index in [1.165, 1.54) is 12.1 Å². The van der Waals surface area contributed by atoms with Crippen molar-refractivity contribution < 1.29 is 23.4 Å². The van der Waals surface area contributed by atoms with Gasteiger partial charge in [-0.05, 0) is 92.7 Å². The molecule has 1 aromatic carbocycles. The molecule has 2 aromatic rings. The predicted octanol–water partition coefficient (Wildman–Crippen LogP) is 6.08. The minimum Gasteiger partial charge on any atom is -0.444 e. The molecule has 0 aliphatic heterocycles. The van der Waals surface area contributed by atoms with Gasteiger partial charge in [-0.25, -0.2) is 18.6 Å². The molecule has 1 heterocycles. The summed E-state index contributed by atoms with van der Waals surface area (Å²) >= 11 is 3.41.